The summed E-state index contributed by atoms with van der Waals surface area (Å²) in [5.74, 6) is -0.998. The molecule has 12 heteroatoms. The van der Waals surface area contributed by atoms with Crippen LogP contribution in [0, 0.1) is 11.7 Å². The van der Waals surface area contributed by atoms with Crippen molar-refractivity contribution in [1.82, 2.24) is 14.8 Å². The van der Waals surface area contributed by atoms with Gasteiger partial charge in [0.15, 0.2) is 0 Å². The van der Waals surface area contributed by atoms with Crippen LogP contribution in [0.1, 0.15) is 47.6 Å². The molecule has 7 nitrogen and oxygen atoms in total. The number of hydrogen-bond donors (Lipinski definition) is 3. The fourth-order valence-electron chi connectivity index (χ4n) is 5.88. The smallest absolute Gasteiger partial charge is 0.392 e. The largest absolute Gasteiger partial charge is 0.419 e. The summed E-state index contributed by atoms with van der Waals surface area (Å²) in [6, 6.07) is 1.91. The van der Waals surface area contributed by atoms with Gasteiger partial charge in [-0.3, -0.25) is 4.90 Å². The lowest BCUT2D eigenvalue weighted by Crippen LogP contribution is -2.48. The quantitative estimate of drug-likeness (QED) is 0.458. The second-order valence-corrected chi connectivity index (χ2v) is 11.5. The van der Waals surface area contributed by atoms with Crippen LogP contribution in [0.15, 0.2) is 24.4 Å². The van der Waals surface area contributed by atoms with Crippen molar-refractivity contribution in [3.63, 3.8) is 0 Å². The van der Waals surface area contributed by atoms with E-state index in [0.29, 0.717) is 44.6 Å². The number of aliphatic hydroxyl groups excluding tert-OH is 1. The number of nitrogens with one attached hydrogen (secondary N) is 1. The van der Waals surface area contributed by atoms with Gasteiger partial charge < -0.3 is 21.1 Å². The molecule has 0 spiro atoms. The Morgan fingerprint density at radius 1 is 1.35 bits per heavy atom. The Labute approximate surface area is 216 Å². The van der Waals surface area contributed by atoms with Crippen molar-refractivity contribution < 1.29 is 27.5 Å². The number of halogens is 4. The van der Waals surface area contributed by atoms with Crippen LogP contribution in [-0.4, -0.2) is 64.2 Å². The Kier molecular flexibility index (Phi) is 7.20. The van der Waals surface area contributed by atoms with Crippen LogP contribution in [0.5, 0.6) is 0 Å². The number of nitrogens with zero attached hydrogens (tertiary/aromatic N) is 3. The fraction of sp³-hybridized carbons (Fsp3) is 0.600. The van der Waals surface area contributed by atoms with Gasteiger partial charge in [-0.1, -0.05) is 0 Å². The molecule has 2 saturated carbocycles. The Morgan fingerprint density at radius 2 is 2.16 bits per heavy atom. The molecule has 2 aliphatic carbocycles. The maximum Gasteiger partial charge on any atom is 0.419 e. The third-order valence-corrected chi connectivity index (χ3v) is 9.26. The van der Waals surface area contributed by atoms with Crippen LogP contribution in [0.2, 0.25) is 0 Å². The molecular weight excluding hydrogens is 510 g/mol. The number of hydrogen-bond acceptors (Lipinski definition) is 6. The van der Waals surface area contributed by atoms with E-state index < -0.39 is 23.6 Å². The van der Waals surface area contributed by atoms with Crippen LogP contribution in [0.4, 0.5) is 28.0 Å². The third-order valence-electron chi connectivity index (χ3n) is 8.02. The zero-order valence-corrected chi connectivity index (χ0v) is 21.1. The van der Waals surface area contributed by atoms with E-state index in [9.17, 15) is 27.5 Å². The summed E-state index contributed by atoms with van der Waals surface area (Å²) in [7, 11) is 0. The molecule has 1 saturated heterocycles. The molecule has 2 amide bonds. The second kappa shape index (κ2) is 10.1. The monoisotopic (exact) mass is 541 g/mol. The number of rotatable bonds is 7. The van der Waals surface area contributed by atoms with Crippen LogP contribution < -0.4 is 11.1 Å². The number of thiazole rings is 1. The average molecular weight is 542 g/mol. The summed E-state index contributed by atoms with van der Waals surface area (Å²) in [5, 5.41) is 13.5. The molecule has 37 heavy (non-hydrogen) atoms. The van der Waals surface area contributed by atoms with Crippen molar-refractivity contribution in [2.45, 2.75) is 62.4 Å². The zero-order valence-electron chi connectivity index (χ0n) is 20.3. The Hall–Kier alpha value is -2.28. The number of carbonyl (C=O) groups is 1. The number of alkyl halides is 3. The van der Waals surface area contributed by atoms with E-state index in [-0.39, 0.29) is 23.2 Å². The van der Waals surface area contributed by atoms with E-state index in [4.69, 9.17) is 5.73 Å². The summed E-state index contributed by atoms with van der Waals surface area (Å²) in [5.41, 5.74) is 4.28. The number of benzene rings is 1. The van der Waals surface area contributed by atoms with E-state index in [0.717, 1.165) is 54.2 Å². The zero-order chi connectivity index (χ0) is 26.4. The molecule has 3 aliphatic rings. The van der Waals surface area contributed by atoms with Crippen LogP contribution in [0.3, 0.4) is 0 Å². The molecule has 1 aliphatic heterocycles. The van der Waals surface area contributed by atoms with Gasteiger partial charge in [-0.2, -0.15) is 13.2 Å². The van der Waals surface area contributed by atoms with Crippen molar-refractivity contribution in [1.29, 1.82) is 0 Å². The molecule has 1 aromatic heterocycles. The molecule has 0 bridgehead atoms. The number of carbonyl (C=O) groups excluding carboxylic acids is 1. The average Bonchev–Trinajstić information content (AvgIpc) is 3.15. The standard InChI is InChI=1S/C25H31F4N5O2S/c26-21-2-1-16(10-20(21)25(27,28)29)32-23(36)34(8-7-33-6-4-18(35)14-33)17-3-5-24(11-15(24)9-17)22-31-13-19(12-30)37-22/h1-2,10,13,15,17-18,35H,3-9,11-12,14,30H2,(H,32,36)/t15?,17-,18-,24+/m1/s1. The number of nitrogens with two attached hydrogens (primary N) is 1. The number of fused-ring (bicyclic) bond motifs is 1. The second-order valence-electron chi connectivity index (χ2n) is 10.4. The van der Waals surface area contributed by atoms with Crippen molar-refractivity contribution in [3.05, 3.63) is 45.7 Å². The molecular formula is C25H31F4N5O2S. The lowest BCUT2D eigenvalue weighted by Gasteiger charge is -2.37. The Balaban J connectivity index is 1.30. The molecule has 1 unspecified atom stereocenters. The van der Waals surface area contributed by atoms with Gasteiger partial charge in [0.25, 0.3) is 0 Å². The van der Waals surface area contributed by atoms with E-state index >= 15 is 0 Å². The minimum atomic E-state index is -4.86. The van der Waals surface area contributed by atoms with Gasteiger partial charge >= 0.3 is 12.2 Å². The summed E-state index contributed by atoms with van der Waals surface area (Å²) < 4.78 is 53.3. The van der Waals surface area contributed by atoms with Crippen molar-refractivity contribution in [3.8, 4) is 0 Å². The van der Waals surface area contributed by atoms with E-state index in [1.165, 1.54) is 0 Å². The summed E-state index contributed by atoms with van der Waals surface area (Å²) in [6.45, 7) is 2.66. The maximum absolute atomic E-state index is 13.7. The van der Waals surface area contributed by atoms with Gasteiger partial charge in [-0.25, -0.2) is 14.2 Å². The van der Waals surface area contributed by atoms with Crippen LogP contribution in [0.25, 0.3) is 0 Å². The lowest BCUT2D eigenvalue weighted by atomic mass is 9.85. The highest BCUT2D eigenvalue weighted by atomic mass is 32.1. The Morgan fingerprint density at radius 3 is 2.81 bits per heavy atom. The fourth-order valence-corrected chi connectivity index (χ4v) is 6.98. The SMILES string of the molecule is NCc1cnc([C@]23CC[C@@H](N(CCN4CC[C@@H](O)C4)C(=O)Nc4ccc(F)c(C(F)(F)F)c4)CC2C3)s1. The topological polar surface area (TPSA) is 94.7 Å². The molecule has 1 aromatic carbocycles. The number of aromatic nitrogens is 1. The van der Waals surface area contributed by atoms with Crippen LogP contribution >= 0.6 is 11.3 Å². The third kappa shape index (κ3) is 5.47. The highest BCUT2D eigenvalue weighted by molar-refractivity contribution is 7.11. The molecule has 5 rings (SSSR count). The van der Waals surface area contributed by atoms with Gasteiger partial charge in [0.05, 0.1) is 16.7 Å². The minimum absolute atomic E-state index is 0.0361. The van der Waals surface area contributed by atoms with Gasteiger partial charge in [0.1, 0.15) is 5.82 Å². The summed E-state index contributed by atoms with van der Waals surface area (Å²) in [6.07, 6.45) is 0.668. The minimum Gasteiger partial charge on any atom is -0.392 e. The first-order valence-corrected chi connectivity index (χ1v) is 13.4. The number of urea groups is 1. The predicted octanol–water partition coefficient (Wildman–Crippen LogP) is 4.17. The van der Waals surface area contributed by atoms with E-state index in [1.807, 2.05) is 6.20 Å². The number of β-amino-alcohol motifs (C(OH)–C–C–N with tert-alkyl or cyclic N) is 1. The van der Waals surface area contributed by atoms with Gasteiger partial charge in [-0.05, 0) is 56.2 Å². The molecule has 0 radical (unpaired) electrons. The van der Waals surface area contributed by atoms with E-state index in [1.54, 1.807) is 16.2 Å². The van der Waals surface area contributed by atoms with E-state index in [2.05, 4.69) is 15.2 Å². The summed E-state index contributed by atoms with van der Waals surface area (Å²) in [4.78, 5) is 22.8. The number of likely N-dealkylation sites (tertiary alicyclic amines) is 1. The molecule has 202 valence electrons. The first-order chi connectivity index (χ1) is 17.6. The first kappa shape index (κ1) is 26.3. The number of anilines is 1. The normalized spacial score (nSPS) is 27.7. The van der Waals surface area contributed by atoms with Crippen molar-refractivity contribution in [2.75, 3.05) is 31.5 Å². The lowest BCUT2D eigenvalue weighted by molar-refractivity contribution is -0.139. The van der Waals surface area contributed by atoms with Gasteiger partial charge in [0, 0.05) is 60.9 Å². The van der Waals surface area contributed by atoms with Crippen LogP contribution in [-0.2, 0) is 18.1 Å². The van der Waals surface area contributed by atoms with Crippen molar-refractivity contribution in [2.24, 2.45) is 11.7 Å². The summed E-state index contributed by atoms with van der Waals surface area (Å²) >= 11 is 1.65. The molecule has 2 heterocycles. The Bertz CT molecular complexity index is 1140. The van der Waals surface area contributed by atoms with Gasteiger partial charge in [-0.15, -0.1) is 11.3 Å². The number of aliphatic hydroxyl groups is 1. The maximum atomic E-state index is 13.7. The highest BCUT2D eigenvalue weighted by Gasteiger charge is 2.60. The highest BCUT2D eigenvalue weighted by Crippen LogP contribution is 2.63. The predicted molar refractivity (Wildman–Crippen MR) is 132 cm³/mol. The molecule has 3 fully saturated rings. The molecule has 4 atom stereocenters. The van der Waals surface area contributed by atoms with Crippen molar-refractivity contribution >= 4 is 23.1 Å². The molecule has 4 N–H and O–H groups in total. The number of amides is 2. The molecule has 2 aromatic rings. The van der Waals surface area contributed by atoms with Gasteiger partial charge in [0.2, 0.25) is 0 Å². The first-order valence-electron chi connectivity index (χ1n) is 12.6.